The van der Waals surface area contributed by atoms with E-state index in [4.69, 9.17) is 6.57 Å². The standard InChI is InChI=1S/C53H32N4/c1-55-43-27-29-57-51(32-43)39-22-18-37(19-23-39)47-33-49-52(45-15-9-8-14-44(45)47)46-25-24-40(36-16-20-38(21-17-36)50-30-35(34-54)26-28-56-50)31-48(46)53(49,41-10-4-2-5-11-41)42-12-6-3-7-13-42/h2-33H. The van der Waals surface area contributed by atoms with Crippen molar-refractivity contribution in [3.05, 3.63) is 234 Å². The van der Waals surface area contributed by atoms with Gasteiger partial charge in [0.25, 0.3) is 0 Å². The quantitative estimate of drug-likeness (QED) is 0.160. The van der Waals surface area contributed by atoms with Crippen molar-refractivity contribution in [3.63, 3.8) is 0 Å². The zero-order chi connectivity index (χ0) is 38.3. The molecule has 0 bridgehead atoms. The Morgan fingerprint density at radius 2 is 1.04 bits per heavy atom. The van der Waals surface area contributed by atoms with Gasteiger partial charge in [0.1, 0.15) is 0 Å². The monoisotopic (exact) mass is 724 g/mol. The molecule has 10 rings (SSSR count). The van der Waals surface area contributed by atoms with Gasteiger partial charge in [-0.2, -0.15) is 5.26 Å². The highest BCUT2D eigenvalue weighted by Crippen LogP contribution is 2.59. The summed E-state index contributed by atoms with van der Waals surface area (Å²) in [5.74, 6) is 0. The van der Waals surface area contributed by atoms with Crippen LogP contribution in [0.5, 0.6) is 0 Å². The number of fused-ring (bicyclic) bond motifs is 5. The molecule has 0 amide bonds. The van der Waals surface area contributed by atoms with Crippen molar-refractivity contribution in [1.29, 1.82) is 5.26 Å². The maximum absolute atomic E-state index is 9.46. The van der Waals surface area contributed by atoms with Gasteiger partial charge in [0.2, 0.25) is 0 Å². The van der Waals surface area contributed by atoms with Crippen LogP contribution in [-0.4, -0.2) is 9.97 Å². The van der Waals surface area contributed by atoms with Crippen LogP contribution < -0.4 is 0 Å². The molecular formula is C53H32N4. The van der Waals surface area contributed by atoms with Crippen molar-refractivity contribution in [2.45, 2.75) is 5.41 Å². The lowest BCUT2D eigenvalue weighted by atomic mass is 9.67. The second kappa shape index (κ2) is 13.7. The third kappa shape index (κ3) is 5.51. The van der Waals surface area contributed by atoms with E-state index in [0.29, 0.717) is 11.3 Å². The SMILES string of the molecule is [C-]#[N+]c1ccnc(-c2ccc(-c3cc4c(c5ccccc35)-c3ccc(-c5ccc(-c6cc(C#N)ccn6)cc5)cc3C4(c3ccccc3)c3ccccc3)cc2)c1. The van der Waals surface area contributed by atoms with Crippen molar-refractivity contribution >= 4 is 16.5 Å². The Morgan fingerprint density at radius 3 is 1.68 bits per heavy atom. The van der Waals surface area contributed by atoms with Crippen molar-refractivity contribution < 1.29 is 0 Å². The molecule has 9 aromatic rings. The summed E-state index contributed by atoms with van der Waals surface area (Å²) in [6, 6.07) is 66.4. The van der Waals surface area contributed by atoms with E-state index in [1.807, 2.05) is 12.1 Å². The summed E-state index contributed by atoms with van der Waals surface area (Å²) >= 11 is 0. The van der Waals surface area contributed by atoms with Gasteiger partial charge in [0.05, 0.1) is 35.0 Å². The predicted octanol–water partition coefficient (Wildman–Crippen LogP) is 13.1. The maximum Gasteiger partial charge on any atom is 0.190 e. The minimum Gasteiger partial charge on any atom is -0.259 e. The molecule has 57 heavy (non-hydrogen) atoms. The molecule has 2 heterocycles. The number of pyridine rings is 2. The van der Waals surface area contributed by atoms with Gasteiger partial charge in [-0.15, -0.1) is 0 Å². The zero-order valence-corrected chi connectivity index (χ0v) is 30.8. The van der Waals surface area contributed by atoms with Gasteiger partial charge in [-0.05, 0) is 108 Å². The normalized spacial score (nSPS) is 12.3. The second-order valence-electron chi connectivity index (χ2n) is 14.3. The van der Waals surface area contributed by atoms with Crippen LogP contribution in [0.4, 0.5) is 5.69 Å². The van der Waals surface area contributed by atoms with Crippen molar-refractivity contribution in [3.8, 4) is 62.0 Å². The zero-order valence-electron chi connectivity index (χ0n) is 30.8. The molecule has 0 fully saturated rings. The Labute approximate surface area is 331 Å². The minimum atomic E-state index is -0.617. The molecule has 4 heteroatoms. The lowest BCUT2D eigenvalue weighted by molar-refractivity contribution is 0.769. The fourth-order valence-corrected chi connectivity index (χ4v) is 8.72. The Balaban J connectivity index is 1.20. The van der Waals surface area contributed by atoms with Crippen LogP contribution in [0.15, 0.2) is 194 Å². The summed E-state index contributed by atoms with van der Waals surface area (Å²) in [6.07, 6.45) is 3.38. The highest BCUT2D eigenvalue weighted by Gasteiger charge is 2.47. The molecule has 0 aliphatic heterocycles. The average molecular weight is 725 g/mol. The summed E-state index contributed by atoms with van der Waals surface area (Å²) < 4.78 is 0. The number of nitrogens with zero attached hydrogens (tertiary/aromatic N) is 4. The Kier molecular flexibility index (Phi) is 8.11. The first kappa shape index (κ1) is 33.6. The van der Waals surface area contributed by atoms with Crippen LogP contribution in [0.3, 0.4) is 0 Å². The molecule has 0 radical (unpaired) electrons. The predicted molar refractivity (Wildman–Crippen MR) is 230 cm³/mol. The first-order valence-corrected chi connectivity index (χ1v) is 18.9. The summed E-state index contributed by atoms with van der Waals surface area (Å²) in [7, 11) is 0. The molecule has 1 aliphatic carbocycles. The molecule has 0 saturated carbocycles. The molecule has 0 N–H and O–H groups in total. The van der Waals surface area contributed by atoms with E-state index >= 15 is 0 Å². The number of nitriles is 1. The first-order valence-electron chi connectivity index (χ1n) is 18.9. The van der Waals surface area contributed by atoms with Gasteiger partial charge >= 0.3 is 0 Å². The highest BCUT2D eigenvalue weighted by molar-refractivity contribution is 6.10. The number of benzene rings is 7. The van der Waals surface area contributed by atoms with Crippen LogP contribution in [0, 0.1) is 17.9 Å². The van der Waals surface area contributed by atoms with Gasteiger partial charge in [0.15, 0.2) is 5.69 Å². The summed E-state index contributed by atoms with van der Waals surface area (Å²) in [6.45, 7) is 7.48. The van der Waals surface area contributed by atoms with Gasteiger partial charge in [-0.25, -0.2) is 4.85 Å². The largest absolute Gasteiger partial charge is 0.259 e. The molecular weight excluding hydrogens is 693 g/mol. The van der Waals surface area contributed by atoms with E-state index in [2.05, 4.69) is 179 Å². The third-order valence-electron chi connectivity index (χ3n) is 11.3. The van der Waals surface area contributed by atoms with Crippen LogP contribution in [0.2, 0.25) is 0 Å². The average Bonchev–Trinajstić information content (AvgIpc) is 3.60. The highest BCUT2D eigenvalue weighted by atomic mass is 14.7. The summed E-state index contributed by atoms with van der Waals surface area (Å²) in [5, 5.41) is 11.9. The Bertz CT molecular complexity index is 3020. The van der Waals surface area contributed by atoms with Crippen LogP contribution in [-0.2, 0) is 5.41 Å². The van der Waals surface area contributed by atoms with Gasteiger partial charge in [-0.3, -0.25) is 9.97 Å². The van der Waals surface area contributed by atoms with Crippen LogP contribution >= 0.6 is 0 Å². The van der Waals surface area contributed by atoms with E-state index in [0.717, 1.165) is 44.8 Å². The van der Waals surface area contributed by atoms with Gasteiger partial charge < -0.3 is 0 Å². The molecule has 7 aromatic carbocycles. The molecule has 0 spiro atoms. The number of rotatable bonds is 6. The third-order valence-corrected chi connectivity index (χ3v) is 11.3. The molecule has 0 unspecified atom stereocenters. The van der Waals surface area contributed by atoms with Crippen molar-refractivity contribution in [1.82, 2.24) is 9.97 Å². The molecule has 0 atom stereocenters. The van der Waals surface area contributed by atoms with Crippen LogP contribution in [0.25, 0.3) is 71.5 Å². The molecule has 2 aromatic heterocycles. The van der Waals surface area contributed by atoms with Gasteiger partial charge in [-0.1, -0.05) is 146 Å². The maximum atomic E-state index is 9.46. The van der Waals surface area contributed by atoms with Crippen molar-refractivity contribution in [2.75, 3.05) is 0 Å². The van der Waals surface area contributed by atoms with Crippen molar-refractivity contribution in [2.24, 2.45) is 0 Å². The molecule has 0 saturated heterocycles. The fraction of sp³-hybridized carbons (Fsp3) is 0.0189. The van der Waals surface area contributed by atoms with E-state index in [1.165, 1.54) is 44.2 Å². The lowest BCUT2D eigenvalue weighted by Gasteiger charge is -2.34. The van der Waals surface area contributed by atoms with E-state index < -0.39 is 5.41 Å². The minimum absolute atomic E-state index is 0.575. The molecule has 264 valence electrons. The first-order chi connectivity index (χ1) is 28.1. The van der Waals surface area contributed by atoms with Crippen LogP contribution in [0.1, 0.15) is 27.8 Å². The Morgan fingerprint density at radius 1 is 0.474 bits per heavy atom. The second-order valence-corrected chi connectivity index (χ2v) is 14.3. The number of hydrogen-bond donors (Lipinski definition) is 0. The van der Waals surface area contributed by atoms with E-state index in [9.17, 15) is 5.26 Å². The molecule has 1 aliphatic rings. The topological polar surface area (TPSA) is 53.9 Å². The lowest BCUT2D eigenvalue weighted by Crippen LogP contribution is -2.28. The smallest absolute Gasteiger partial charge is 0.190 e. The fourth-order valence-electron chi connectivity index (χ4n) is 8.72. The summed E-state index contributed by atoms with van der Waals surface area (Å²) in [4.78, 5) is 12.7. The number of aromatic nitrogens is 2. The van der Waals surface area contributed by atoms with Gasteiger partial charge in [0, 0.05) is 18.0 Å². The summed E-state index contributed by atoms with van der Waals surface area (Å²) in [5.41, 5.74) is 15.9. The number of hydrogen-bond acceptors (Lipinski definition) is 3. The van der Waals surface area contributed by atoms with E-state index in [1.54, 1.807) is 24.5 Å². The Hall–Kier alpha value is -7.92. The molecule has 4 nitrogen and oxygen atoms in total. The van der Waals surface area contributed by atoms with E-state index in [-0.39, 0.29) is 0 Å².